The maximum Gasteiger partial charge on any atom is 0.257 e. The van der Waals surface area contributed by atoms with Gasteiger partial charge in [0.05, 0.1) is 17.4 Å². The van der Waals surface area contributed by atoms with Gasteiger partial charge >= 0.3 is 0 Å². The van der Waals surface area contributed by atoms with Gasteiger partial charge in [-0.2, -0.15) is 16.9 Å². The van der Waals surface area contributed by atoms with Gasteiger partial charge in [0.1, 0.15) is 0 Å². The molecule has 0 aliphatic carbocycles. The number of hydrogen-bond acceptors (Lipinski definition) is 4. The second-order valence-electron chi connectivity index (χ2n) is 5.63. The van der Waals surface area contributed by atoms with Crippen molar-refractivity contribution in [2.75, 3.05) is 16.8 Å². The van der Waals surface area contributed by atoms with Crippen LogP contribution < -0.4 is 5.32 Å². The Labute approximate surface area is 111 Å². The number of rotatable bonds is 2. The first kappa shape index (κ1) is 13.4. The molecule has 6 heteroatoms. The maximum absolute atomic E-state index is 12.0. The zero-order valence-electron chi connectivity index (χ0n) is 10.9. The Hall–Kier alpha value is -1.01. The van der Waals surface area contributed by atoms with E-state index in [0.29, 0.717) is 17.9 Å². The molecule has 0 saturated carbocycles. The van der Waals surface area contributed by atoms with Gasteiger partial charge in [0.25, 0.3) is 5.91 Å². The fourth-order valence-electron chi connectivity index (χ4n) is 1.73. The number of amides is 1. The third kappa shape index (κ3) is 2.70. The first-order valence-corrected chi connectivity index (χ1v) is 7.13. The third-order valence-corrected chi connectivity index (χ3v) is 4.13. The molecule has 100 valence electrons. The lowest BCUT2D eigenvalue weighted by atomic mass is 10.0. The van der Waals surface area contributed by atoms with Gasteiger partial charge in [-0.05, 0) is 32.9 Å². The number of aliphatic hydroxyl groups is 1. The van der Waals surface area contributed by atoms with E-state index in [1.54, 1.807) is 28.8 Å². The van der Waals surface area contributed by atoms with Crippen molar-refractivity contribution in [3.63, 3.8) is 0 Å². The van der Waals surface area contributed by atoms with Crippen LogP contribution in [0.1, 0.15) is 27.2 Å². The van der Waals surface area contributed by atoms with Crippen LogP contribution in [0.15, 0.2) is 12.4 Å². The van der Waals surface area contributed by atoms with E-state index in [1.165, 1.54) is 0 Å². The SMILES string of the molecule is CC(C)(C)n1cc(NC(=O)C2(O)CCSC2)cn1. The Balaban J connectivity index is 2.06. The predicted octanol–water partition coefficient (Wildman–Crippen LogP) is 1.44. The van der Waals surface area contributed by atoms with Gasteiger partial charge in [0.15, 0.2) is 5.60 Å². The van der Waals surface area contributed by atoms with Gasteiger partial charge in [-0.1, -0.05) is 0 Å². The quantitative estimate of drug-likeness (QED) is 0.852. The summed E-state index contributed by atoms with van der Waals surface area (Å²) in [5.74, 6) is 0.957. The average molecular weight is 269 g/mol. The minimum Gasteiger partial charge on any atom is -0.379 e. The summed E-state index contributed by atoms with van der Waals surface area (Å²) in [5.41, 5.74) is -0.724. The van der Waals surface area contributed by atoms with Crippen LogP contribution in [0.3, 0.4) is 0 Å². The van der Waals surface area contributed by atoms with E-state index in [0.717, 1.165) is 5.75 Å². The molecule has 1 aliphatic rings. The van der Waals surface area contributed by atoms with E-state index in [4.69, 9.17) is 0 Å². The molecular weight excluding hydrogens is 250 g/mol. The van der Waals surface area contributed by atoms with Crippen LogP contribution in [-0.2, 0) is 10.3 Å². The molecule has 1 atom stereocenters. The van der Waals surface area contributed by atoms with Gasteiger partial charge < -0.3 is 10.4 Å². The van der Waals surface area contributed by atoms with Crippen LogP contribution in [-0.4, -0.2) is 37.9 Å². The average Bonchev–Trinajstić information content (AvgIpc) is 2.86. The second kappa shape index (κ2) is 4.59. The molecule has 2 rings (SSSR count). The predicted molar refractivity (Wildman–Crippen MR) is 72.7 cm³/mol. The maximum atomic E-state index is 12.0. The van der Waals surface area contributed by atoms with Crippen LogP contribution >= 0.6 is 11.8 Å². The van der Waals surface area contributed by atoms with Gasteiger partial charge in [-0.3, -0.25) is 9.48 Å². The second-order valence-corrected chi connectivity index (χ2v) is 6.74. The van der Waals surface area contributed by atoms with Crippen LogP contribution in [0.4, 0.5) is 5.69 Å². The zero-order chi connectivity index (χ0) is 13.4. The van der Waals surface area contributed by atoms with Gasteiger partial charge in [0, 0.05) is 11.9 Å². The monoisotopic (exact) mass is 269 g/mol. The minimum absolute atomic E-state index is 0.122. The Morgan fingerprint density at radius 1 is 1.61 bits per heavy atom. The molecule has 2 N–H and O–H groups in total. The van der Waals surface area contributed by atoms with Gasteiger partial charge in [-0.15, -0.1) is 0 Å². The Bertz CT molecular complexity index is 444. The van der Waals surface area contributed by atoms with E-state index in [9.17, 15) is 9.90 Å². The van der Waals surface area contributed by atoms with Crippen molar-refractivity contribution in [3.8, 4) is 0 Å². The summed E-state index contributed by atoms with van der Waals surface area (Å²) in [6, 6.07) is 0. The summed E-state index contributed by atoms with van der Waals surface area (Å²) >= 11 is 1.60. The minimum atomic E-state index is -1.23. The summed E-state index contributed by atoms with van der Waals surface area (Å²) in [5, 5.41) is 17.1. The number of hydrogen-bond donors (Lipinski definition) is 2. The molecule has 5 nitrogen and oxygen atoms in total. The number of thioether (sulfide) groups is 1. The van der Waals surface area contributed by atoms with Crippen molar-refractivity contribution in [1.29, 1.82) is 0 Å². The Morgan fingerprint density at radius 2 is 2.33 bits per heavy atom. The van der Waals surface area contributed by atoms with Gasteiger partial charge in [0.2, 0.25) is 0 Å². The third-order valence-electron chi connectivity index (χ3n) is 2.95. The molecule has 0 spiro atoms. The number of carbonyl (C=O) groups excluding carboxylic acids is 1. The number of nitrogens with zero attached hydrogens (tertiary/aromatic N) is 2. The summed E-state index contributed by atoms with van der Waals surface area (Å²) in [4.78, 5) is 12.0. The molecule has 1 aliphatic heterocycles. The van der Waals surface area contributed by atoms with Crippen LogP contribution in [0.2, 0.25) is 0 Å². The fraction of sp³-hybridized carbons (Fsp3) is 0.667. The highest BCUT2D eigenvalue weighted by Gasteiger charge is 2.39. The lowest BCUT2D eigenvalue weighted by molar-refractivity contribution is -0.131. The van der Waals surface area contributed by atoms with Crippen LogP contribution in [0.5, 0.6) is 0 Å². The van der Waals surface area contributed by atoms with E-state index in [1.807, 2.05) is 20.8 Å². The first-order valence-electron chi connectivity index (χ1n) is 5.98. The lowest BCUT2D eigenvalue weighted by Gasteiger charge is -2.20. The lowest BCUT2D eigenvalue weighted by Crippen LogP contribution is -2.42. The van der Waals surface area contributed by atoms with E-state index >= 15 is 0 Å². The standard InChI is InChI=1S/C12H19N3O2S/c1-11(2,3)15-7-9(6-13-15)14-10(16)12(17)4-5-18-8-12/h6-7,17H,4-5,8H2,1-3H3,(H,14,16). The Morgan fingerprint density at radius 3 is 2.83 bits per heavy atom. The topological polar surface area (TPSA) is 67.2 Å². The van der Waals surface area contributed by atoms with Crippen LogP contribution in [0.25, 0.3) is 0 Å². The molecular formula is C12H19N3O2S. The molecule has 2 heterocycles. The summed E-state index contributed by atoms with van der Waals surface area (Å²) in [7, 11) is 0. The zero-order valence-corrected chi connectivity index (χ0v) is 11.8. The molecule has 18 heavy (non-hydrogen) atoms. The molecule has 0 bridgehead atoms. The summed E-state index contributed by atoms with van der Waals surface area (Å²) in [6.45, 7) is 6.10. The summed E-state index contributed by atoms with van der Waals surface area (Å²) in [6.07, 6.45) is 3.90. The normalized spacial score (nSPS) is 24.2. The first-order chi connectivity index (χ1) is 8.31. The number of aromatic nitrogens is 2. The molecule has 1 saturated heterocycles. The largest absolute Gasteiger partial charge is 0.379 e. The number of nitrogens with one attached hydrogen (secondary N) is 1. The van der Waals surface area contributed by atoms with Gasteiger partial charge in [-0.25, -0.2) is 0 Å². The van der Waals surface area contributed by atoms with Crippen molar-refractivity contribution >= 4 is 23.4 Å². The molecule has 1 unspecified atom stereocenters. The van der Waals surface area contributed by atoms with E-state index in [-0.39, 0.29) is 11.4 Å². The van der Waals surface area contributed by atoms with E-state index < -0.39 is 5.60 Å². The molecule has 1 aromatic rings. The van der Waals surface area contributed by atoms with Crippen molar-refractivity contribution < 1.29 is 9.90 Å². The van der Waals surface area contributed by atoms with Crippen molar-refractivity contribution in [2.45, 2.75) is 38.3 Å². The highest BCUT2D eigenvalue weighted by Crippen LogP contribution is 2.29. The van der Waals surface area contributed by atoms with Crippen molar-refractivity contribution in [3.05, 3.63) is 12.4 Å². The smallest absolute Gasteiger partial charge is 0.257 e. The highest BCUT2D eigenvalue weighted by atomic mass is 32.2. The van der Waals surface area contributed by atoms with E-state index in [2.05, 4.69) is 10.4 Å². The van der Waals surface area contributed by atoms with Crippen LogP contribution in [0, 0.1) is 0 Å². The highest BCUT2D eigenvalue weighted by molar-refractivity contribution is 7.99. The Kier molecular flexibility index (Phi) is 3.42. The molecule has 0 aromatic carbocycles. The van der Waals surface area contributed by atoms with Crippen molar-refractivity contribution in [1.82, 2.24) is 9.78 Å². The number of anilines is 1. The van der Waals surface area contributed by atoms with Crippen molar-refractivity contribution in [2.24, 2.45) is 0 Å². The number of carbonyl (C=O) groups is 1. The molecule has 1 fully saturated rings. The summed E-state index contributed by atoms with van der Waals surface area (Å²) < 4.78 is 1.79. The molecule has 0 radical (unpaired) electrons. The molecule has 1 aromatic heterocycles. The fourth-order valence-corrected chi connectivity index (χ4v) is 2.97. The molecule has 1 amide bonds.